The van der Waals surface area contributed by atoms with Crippen LogP contribution in [0.15, 0.2) is 29.5 Å². The van der Waals surface area contributed by atoms with Crippen molar-refractivity contribution in [1.82, 2.24) is 9.80 Å². The Kier molecular flexibility index (Phi) is 4.16. The predicted molar refractivity (Wildman–Crippen MR) is 74.7 cm³/mol. The number of methoxy groups -OCH3 is 1. The molecule has 118 valence electrons. The van der Waals surface area contributed by atoms with E-state index in [1.807, 2.05) is 0 Å². The van der Waals surface area contributed by atoms with Gasteiger partial charge < -0.3 is 14.5 Å². The molecule has 22 heavy (non-hydrogen) atoms. The van der Waals surface area contributed by atoms with Crippen molar-refractivity contribution in [3.8, 4) is 0 Å². The SMILES string of the molecule is COC(=O)C1=C(C)N(C)C(=O)N(C)[C@H]1c1ccc(F)c(F)c1. The molecule has 1 aromatic carbocycles. The zero-order chi connectivity index (χ0) is 16.6. The molecular weight excluding hydrogens is 294 g/mol. The number of ether oxygens (including phenoxy) is 1. The minimum absolute atomic E-state index is 0.207. The molecule has 2 rings (SSSR count). The molecule has 0 N–H and O–H groups in total. The number of nitrogens with zero attached hydrogens (tertiary/aromatic N) is 2. The Hall–Kier alpha value is -2.44. The fraction of sp³-hybridized carbons (Fsp3) is 0.333. The van der Waals surface area contributed by atoms with E-state index in [2.05, 4.69) is 0 Å². The first-order chi connectivity index (χ1) is 10.3. The maximum atomic E-state index is 13.5. The second-order valence-corrected chi connectivity index (χ2v) is 5.02. The van der Waals surface area contributed by atoms with Crippen LogP contribution in [0, 0.1) is 11.6 Å². The van der Waals surface area contributed by atoms with Crippen LogP contribution >= 0.6 is 0 Å². The van der Waals surface area contributed by atoms with Crippen LogP contribution < -0.4 is 0 Å². The van der Waals surface area contributed by atoms with E-state index in [9.17, 15) is 18.4 Å². The van der Waals surface area contributed by atoms with E-state index >= 15 is 0 Å². The molecule has 1 heterocycles. The normalized spacial score (nSPS) is 18.8. The smallest absolute Gasteiger partial charge is 0.337 e. The second kappa shape index (κ2) is 5.75. The molecule has 7 heteroatoms. The molecule has 0 aromatic heterocycles. The number of amides is 2. The van der Waals surface area contributed by atoms with Crippen LogP contribution in [0.25, 0.3) is 0 Å². The van der Waals surface area contributed by atoms with Gasteiger partial charge in [0.25, 0.3) is 0 Å². The van der Waals surface area contributed by atoms with Crippen molar-refractivity contribution in [2.45, 2.75) is 13.0 Å². The number of hydrogen-bond donors (Lipinski definition) is 0. The van der Waals surface area contributed by atoms with Crippen LogP contribution in [0.4, 0.5) is 13.6 Å². The Labute approximate surface area is 126 Å². The molecule has 2 amide bonds. The molecule has 5 nitrogen and oxygen atoms in total. The van der Waals surface area contributed by atoms with Crippen LogP contribution in [0.5, 0.6) is 0 Å². The van der Waals surface area contributed by atoms with E-state index < -0.39 is 23.6 Å². The number of esters is 1. The van der Waals surface area contributed by atoms with E-state index in [0.29, 0.717) is 11.3 Å². The minimum atomic E-state index is -1.04. The van der Waals surface area contributed by atoms with Crippen LogP contribution in [-0.4, -0.2) is 43.0 Å². The molecule has 0 bridgehead atoms. The Balaban J connectivity index is 2.65. The van der Waals surface area contributed by atoms with Gasteiger partial charge in [0.15, 0.2) is 11.6 Å². The van der Waals surface area contributed by atoms with Gasteiger partial charge in [-0.1, -0.05) is 6.07 Å². The van der Waals surface area contributed by atoms with Crippen LogP contribution in [-0.2, 0) is 9.53 Å². The quantitative estimate of drug-likeness (QED) is 0.788. The fourth-order valence-electron chi connectivity index (χ4n) is 2.50. The van der Waals surface area contributed by atoms with Crippen LogP contribution in [0.1, 0.15) is 18.5 Å². The van der Waals surface area contributed by atoms with Gasteiger partial charge in [0.2, 0.25) is 0 Å². The lowest BCUT2D eigenvalue weighted by atomic mass is 9.93. The lowest BCUT2D eigenvalue weighted by Crippen LogP contribution is -2.47. The molecule has 0 fully saturated rings. The lowest BCUT2D eigenvalue weighted by molar-refractivity contribution is -0.137. The predicted octanol–water partition coefficient (Wildman–Crippen LogP) is 2.45. The van der Waals surface area contributed by atoms with Gasteiger partial charge in [-0.3, -0.25) is 0 Å². The van der Waals surface area contributed by atoms with Gasteiger partial charge in [-0.05, 0) is 24.6 Å². The van der Waals surface area contributed by atoms with Crippen molar-refractivity contribution in [2.24, 2.45) is 0 Å². The summed E-state index contributed by atoms with van der Waals surface area (Å²) in [7, 11) is 4.24. The fourth-order valence-corrected chi connectivity index (χ4v) is 2.50. The molecule has 0 spiro atoms. The number of rotatable bonds is 2. The zero-order valence-electron chi connectivity index (χ0n) is 12.7. The highest BCUT2D eigenvalue weighted by atomic mass is 19.2. The maximum absolute atomic E-state index is 13.5. The Morgan fingerprint density at radius 1 is 1.23 bits per heavy atom. The van der Waals surface area contributed by atoms with Gasteiger partial charge >= 0.3 is 12.0 Å². The van der Waals surface area contributed by atoms with Crippen molar-refractivity contribution in [1.29, 1.82) is 0 Å². The van der Waals surface area contributed by atoms with Crippen LogP contribution in [0.2, 0.25) is 0 Å². The highest BCUT2D eigenvalue weighted by Crippen LogP contribution is 2.36. The Morgan fingerprint density at radius 3 is 2.41 bits per heavy atom. The summed E-state index contributed by atoms with van der Waals surface area (Å²) in [4.78, 5) is 26.9. The molecule has 0 radical (unpaired) electrons. The van der Waals surface area contributed by atoms with Crippen molar-refractivity contribution >= 4 is 12.0 Å². The van der Waals surface area contributed by atoms with E-state index in [-0.39, 0.29) is 11.6 Å². The lowest BCUT2D eigenvalue weighted by Gasteiger charge is -2.39. The number of allylic oxidation sites excluding steroid dienone is 1. The van der Waals surface area contributed by atoms with Gasteiger partial charge in [-0.15, -0.1) is 0 Å². The molecule has 1 atom stereocenters. The molecule has 1 aromatic rings. The van der Waals surface area contributed by atoms with Crippen LogP contribution in [0.3, 0.4) is 0 Å². The molecule has 1 aliphatic rings. The largest absolute Gasteiger partial charge is 0.466 e. The number of carbonyl (C=O) groups is 2. The van der Waals surface area contributed by atoms with Gasteiger partial charge in [0.05, 0.1) is 18.7 Å². The van der Waals surface area contributed by atoms with Crippen molar-refractivity contribution in [2.75, 3.05) is 21.2 Å². The average Bonchev–Trinajstić information content (AvgIpc) is 2.50. The summed E-state index contributed by atoms with van der Waals surface area (Å²) in [6.07, 6.45) is 0. The molecular formula is C15H16F2N2O3. The topological polar surface area (TPSA) is 49.9 Å². The molecule has 0 saturated carbocycles. The summed E-state index contributed by atoms with van der Waals surface area (Å²) < 4.78 is 31.4. The first kappa shape index (κ1) is 15.9. The monoisotopic (exact) mass is 310 g/mol. The number of likely N-dealkylation sites (N-methyl/N-ethyl adjacent to an activating group) is 1. The number of benzene rings is 1. The Bertz CT molecular complexity index is 673. The standard InChI is InChI=1S/C15H16F2N2O3/c1-8-12(14(20)22-4)13(19(3)15(21)18(8)2)9-5-6-10(16)11(17)7-9/h5-7,13H,1-4H3/t13-/m0/s1. The van der Waals surface area contributed by atoms with Gasteiger partial charge in [0.1, 0.15) is 0 Å². The summed E-state index contributed by atoms with van der Waals surface area (Å²) in [5.41, 5.74) is 0.908. The highest BCUT2D eigenvalue weighted by molar-refractivity contribution is 5.94. The van der Waals surface area contributed by atoms with Crippen molar-refractivity contribution in [3.05, 3.63) is 46.7 Å². The molecule has 1 aliphatic heterocycles. The zero-order valence-corrected chi connectivity index (χ0v) is 12.7. The van der Waals surface area contributed by atoms with E-state index in [0.717, 1.165) is 12.1 Å². The minimum Gasteiger partial charge on any atom is -0.466 e. The summed E-state index contributed by atoms with van der Waals surface area (Å²) in [5, 5.41) is 0. The number of halogens is 2. The molecule has 0 aliphatic carbocycles. The highest BCUT2D eigenvalue weighted by Gasteiger charge is 2.39. The summed E-state index contributed by atoms with van der Waals surface area (Å²) >= 11 is 0. The summed E-state index contributed by atoms with van der Waals surface area (Å²) in [6.45, 7) is 1.60. The van der Waals surface area contributed by atoms with Gasteiger partial charge in [-0.2, -0.15) is 0 Å². The third-order valence-corrected chi connectivity index (χ3v) is 3.81. The molecule has 0 unspecified atom stereocenters. The second-order valence-electron chi connectivity index (χ2n) is 5.02. The summed E-state index contributed by atoms with van der Waals surface area (Å²) in [5.74, 6) is -2.66. The molecule has 0 saturated heterocycles. The van der Waals surface area contributed by atoms with E-state index in [4.69, 9.17) is 4.74 Å². The third-order valence-electron chi connectivity index (χ3n) is 3.81. The van der Waals surface area contributed by atoms with Gasteiger partial charge in [0, 0.05) is 19.8 Å². The van der Waals surface area contributed by atoms with E-state index in [1.165, 1.54) is 37.1 Å². The first-order valence-corrected chi connectivity index (χ1v) is 6.54. The van der Waals surface area contributed by atoms with Crippen molar-refractivity contribution < 1.29 is 23.1 Å². The van der Waals surface area contributed by atoms with Gasteiger partial charge in [-0.25, -0.2) is 18.4 Å². The van der Waals surface area contributed by atoms with E-state index in [1.54, 1.807) is 6.92 Å². The Morgan fingerprint density at radius 2 is 1.86 bits per heavy atom. The number of hydrogen-bond acceptors (Lipinski definition) is 3. The third kappa shape index (κ3) is 2.43. The number of carbonyl (C=O) groups excluding carboxylic acids is 2. The summed E-state index contributed by atoms with van der Waals surface area (Å²) in [6, 6.07) is 2.08. The van der Waals surface area contributed by atoms with Crippen molar-refractivity contribution in [3.63, 3.8) is 0 Å². The maximum Gasteiger partial charge on any atom is 0.337 e. The number of urea groups is 1. The average molecular weight is 310 g/mol. The first-order valence-electron chi connectivity index (χ1n) is 6.54.